The Morgan fingerprint density at radius 1 is 1.02 bits per heavy atom. The second-order valence-corrected chi connectivity index (χ2v) is 15.9. The molecular formula is C39H46N4O3. The first-order valence-corrected chi connectivity index (χ1v) is 17.8. The van der Waals surface area contributed by atoms with Crippen LogP contribution in [0.2, 0.25) is 0 Å². The Kier molecular flexibility index (Phi) is 6.58. The van der Waals surface area contributed by atoms with Gasteiger partial charge in [0.1, 0.15) is 17.0 Å². The molecule has 2 unspecified atom stereocenters. The summed E-state index contributed by atoms with van der Waals surface area (Å²) in [5.41, 5.74) is 11.4. The summed E-state index contributed by atoms with van der Waals surface area (Å²) in [7, 11) is 0. The van der Waals surface area contributed by atoms with Crippen LogP contribution in [0.5, 0.6) is 0 Å². The number of rotatable bonds is 4. The molecule has 7 heteroatoms. The number of ether oxygens (including phenoxy) is 2. The Hall–Kier alpha value is -3.45. The van der Waals surface area contributed by atoms with Gasteiger partial charge < -0.3 is 14.8 Å². The lowest BCUT2D eigenvalue weighted by molar-refractivity contribution is -0.0557. The zero-order chi connectivity index (χ0) is 31.2. The summed E-state index contributed by atoms with van der Waals surface area (Å²) in [5.74, 6) is 3.12. The monoisotopic (exact) mass is 618 g/mol. The predicted octanol–water partition coefficient (Wildman–Crippen LogP) is 8.23. The largest absolute Gasteiger partial charge is 0.444 e. The molecule has 3 atom stereocenters. The van der Waals surface area contributed by atoms with Gasteiger partial charge >= 0.3 is 6.09 Å². The van der Waals surface area contributed by atoms with Crippen molar-refractivity contribution in [1.29, 1.82) is 0 Å². The zero-order valence-electron chi connectivity index (χ0n) is 27.5. The molecule has 1 amide bonds. The minimum Gasteiger partial charge on any atom is -0.444 e. The number of hydrogen-bond acceptors (Lipinski definition) is 6. The van der Waals surface area contributed by atoms with E-state index in [-0.39, 0.29) is 17.7 Å². The first kappa shape index (κ1) is 28.7. The van der Waals surface area contributed by atoms with Crippen molar-refractivity contribution in [2.75, 3.05) is 25.1 Å². The van der Waals surface area contributed by atoms with E-state index in [1.165, 1.54) is 83.4 Å². The molecule has 2 saturated carbocycles. The molecular weight excluding hydrogens is 572 g/mol. The van der Waals surface area contributed by atoms with Crippen LogP contribution in [-0.4, -0.2) is 53.9 Å². The number of aliphatic imine (C=N–C) groups is 2. The fraction of sp³-hybridized carbons (Fsp3) is 0.564. The molecule has 0 radical (unpaired) electrons. The minimum atomic E-state index is -0.500. The van der Waals surface area contributed by atoms with Crippen LogP contribution >= 0.6 is 0 Å². The van der Waals surface area contributed by atoms with Crippen LogP contribution in [0.3, 0.4) is 0 Å². The number of amides is 1. The molecule has 2 aromatic rings. The fourth-order valence-corrected chi connectivity index (χ4v) is 9.37. The van der Waals surface area contributed by atoms with Crippen molar-refractivity contribution in [2.45, 2.75) is 108 Å². The van der Waals surface area contributed by atoms with Crippen molar-refractivity contribution >= 4 is 28.9 Å². The molecule has 0 bridgehead atoms. The van der Waals surface area contributed by atoms with Crippen LogP contribution in [-0.2, 0) is 21.4 Å². The predicted molar refractivity (Wildman–Crippen MR) is 183 cm³/mol. The molecule has 4 aliphatic heterocycles. The first-order valence-electron chi connectivity index (χ1n) is 17.8. The van der Waals surface area contributed by atoms with Crippen LogP contribution in [0.15, 0.2) is 46.5 Å². The summed E-state index contributed by atoms with van der Waals surface area (Å²) < 4.78 is 11.5. The van der Waals surface area contributed by atoms with Gasteiger partial charge in [-0.2, -0.15) is 0 Å². The number of anilines is 1. The van der Waals surface area contributed by atoms with Crippen molar-refractivity contribution < 1.29 is 14.3 Å². The number of carbonyl (C=O) groups excluding carboxylic acids is 1. The van der Waals surface area contributed by atoms with Crippen LogP contribution in [0.4, 0.5) is 10.5 Å². The van der Waals surface area contributed by atoms with Gasteiger partial charge in [-0.3, -0.25) is 14.9 Å². The lowest BCUT2D eigenvalue weighted by atomic mass is 9.73. The average Bonchev–Trinajstić information content (AvgIpc) is 3.81. The number of nitrogens with one attached hydrogen (secondary N) is 1. The molecule has 1 spiro atoms. The van der Waals surface area contributed by atoms with Gasteiger partial charge in [-0.1, -0.05) is 37.1 Å². The summed E-state index contributed by atoms with van der Waals surface area (Å²) in [6, 6.07) is 11.8. The Balaban J connectivity index is 1.01. The average molecular weight is 619 g/mol. The molecule has 240 valence electrons. The molecule has 9 rings (SSSR count). The van der Waals surface area contributed by atoms with E-state index in [0.29, 0.717) is 25.0 Å². The number of benzene rings is 2. The highest BCUT2D eigenvalue weighted by molar-refractivity contribution is 6.04. The summed E-state index contributed by atoms with van der Waals surface area (Å²) >= 11 is 0. The number of likely N-dealkylation sites (tertiary alicyclic amines) is 1. The molecule has 7 nitrogen and oxygen atoms in total. The molecule has 4 fully saturated rings. The maximum absolute atomic E-state index is 13.0. The van der Waals surface area contributed by atoms with Crippen LogP contribution in [0, 0.1) is 11.8 Å². The van der Waals surface area contributed by atoms with Gasteiger partial charge in [-0.05, 0) is 117 Å². The smallest absolute Gasteiger partial charge is 0.410 e. The van der Waals surface area contributed by atoms with E-state index in [0.717, 1.165) is 43.9 Å². The molecule has 0 aromatic heterocycles. The fourth-order valence-electron chi connectivity index (χ4n) is 9.37. The Labute approximate surface area is 272 Å². The molecule has 2 saturated heterocycles. The first-order chi connectivity index (χ1) is 22.3. The summed E-state index contributed by atoms with van der Waals surface area (Å²) in [6.45, 7) is 7.90. The molecule has 1 N–H and O–H groups in total. The SMILES string of the molecule is CC(C)(C)OC(=O)N1CCC[C@H]1C1=NC=C(c2ccc(-c3ccc4c(c3)NC(C3CCCC3)=NC43COC3)c3c2C2CCC2C3)C1. The Morgan fingerprint density at radius 3 is 2.59 bits per heavy atom. The number of hydrogen-bond donors (Lipinski definition) is 1. The standard InChI is InChI=1S/C39H46N4O3/c1-38(2,3)46-37(44)43-16-6-9-34(43)33-19-26(20-40-33)29-14-13-27(30-17-24-10-12-28(24)35(29)30)25-11-15-31-32(18-25)41-36(23-7-4-5-8-23)42-39(31)21-45-22-39/h11,13-15,18,20,23-24,28,34H,4-10,12,16-17,19,21-22H2,1-3H3,(H,41,42)/t24?,28?,34-/m0/s1. The number of carbonyl (C=O) groups is 1. The van der Waals surface area contributed by atoms with E-state index < -0.39 is 5.60 Å². The third-order valence-electron chi connectivity index (χ3n) is 11.8. The maximum Gasteiger partial charge on any atom is 0.410 e. The highest BCUT2D eigenvalue weighted by atomic mass is 16.6. The van der Waals surface area contributed by atoms with Gasteiger partial charge in [-0.25, -0.2) is 4.79 Å². The molecule has 7 aliphatic rings. The third kappa shape index (κ3) is 4.59. The van der Waals surface area contributed by atoms with E-state index in [2.05, 4.69) is 41.8 Å². The van der Waals surface area contributed by atoms with E-state index in [1.807, 2.05) is 25.7 Å². The van der Waals surface area contributed by atoms with Gasteiger partial charge in [-0.15, -0.1) is 0 Å². The minimum absolute atomic E-state index is 0.0254. The van der Waals surface area contributed by atoms with Gasteiger partial charge in [0.05, 0.1) is 19.3 Å². The second-order valence-electron chi connectivity index (χ2n) is 15.9. The van der Waals surface area contributed by atoms with Crippen molar-refractivity contribution in [3.8, 4) is 11.1 Å². The summed E-state index contributed by atoms with van der Waals surface area (Å²) in [4.78, 5) is 25.2. The molecule has 2 aromatic carbocycles. The molecule has 3 aliphatic carbocycles. The highest BCUT2D eigenvalue weighted by Crippen LogP contribution is 2.56. The van der Waals surface area contributed by atoms with E-state index >= 15 is 0 Å². The van der Waals surface area contributed by atoms with E-state index in [4.69, 9.17) is 19.5 Å². The third-order valence-corrected chi connectivity index (χ3v) is 11.8. The van der Waals surface area contributed by atoms with Gasteiger partial charge in [0.25, 0.3) is 0 Å². The van der Waals surface area contributed by atoms with Crippen LogP contribution < -0.4 is 5.32 Å². The number of fused-ring (bicyclic) bond motifs is 5. The normalized spacial score (nSPS) is 27.6. The lowest BCUT2D eigenvalue weighted by Gasteiger charge is -2.43. The number of allylic oxidation sites excluding steroid dienone is 1. The van der Waals surface area contributed by atoms with Crippen LogP contribution in [0.1, 0.15) is 107 Å². The van der Waals surface area contributed by atoms with Crippen LogP contribution in [0.25, 0.3) is 16.7 Å². The van der Waals surface area contributed by atoms with E-state index in [1.54, 1.807) is 5.56 Å². The lowest BCUT2D eigenvalue weighted by Crippen LogP contribution is -2.49. The molecule has 4 heterocycles. The molecule has 46 heavy (non-hydrogen) atoms. The summed E-state index contributed by atoms with van der Waals surface area (Å²) in [5, 5.41) is 3.81. The van der Waals surface area contributed by atoms with Gasteiger partial charge in [0.2, 0.25) is 0 Å². The Morgan fingerprint density at radius 2 is 1.85 bits per heavy atom. The zero-order valence-corrected chi connectivity index (χ0v) is 27.5. The Bertz CT molecular complexity index is 1700. The summed E-state index contributed by atoms with van der Waals surface area (Å²) in [6.07, 6.45) is 13.5. The van der Waals surface area contributed by atoms with Gasteiger partial charge in [0, 0.05) is 42.0 Å². The topological polar surface area (TPSA) is 75.5 Å². The van der Waals surface area contributed by atoms with E-state index in [9.17, 15) is 4.79 Å². The highest BCUT2D eigenvalue weighted by Gasteiger charge is 2.46. The van der Waals surface area contributed by atoms with Gasteiger partial charge in [0.15, 0.2) is 0 Å². The quantitative estimate of drug-likeness (QED) is 0.375. The van der Waals surface area contributed by atoms with Crippen molar-refractivity contribution in [3.05, 3.63) is 58.8 Å². The van der Waals surface area contributed by atoms with Crippen molar-refractivity contribution in [1.82, 2.24) is 4.90 Å². The second kappa shape index (κ2) is 10.5. The maximum atomic E-state index is 13.0. The van der Waals surface area contributed by atoms with Crippen molar-refractivity contribution in [2.24, 2.45) is 21.8 Å². The van der Waals surface area contributed by atoms with Crippen molar-refractivity contribution in [3.63, 3.8) is 0 Å². The number of nitrogens with zero attached hydrogens (tertiary/aromatic N) is 3. The number of amidine groups is 1.